The lowest BCUT2D eigenvalue weighted by Crippen LogP contribution is -2.52. The molecule has 1 amide bonds. The summed E-state index contributed by atoms with van der Waals surface area (Å²) in [4.78, 5) is 12.7. The zero-order chi connectivity index (χ0) is 18.9. The average molecular weight is 461 g/mol. The van der Waals surface area contributed by atoms with E-state index in [0.29, 0.717) is 10.7 Å². The number of anilines is 1. The van der Waals surface area contributed by atoms with Gasteiger partial charge in [0.25, 0.3) is 0 Å². The molecule has 1 aliphatic carbocycles. The molecule has 6 nitrogen and oxygen atoms in total. The van der Waals surface area contributed by atoms with E-state index in [4.69, 9.17) is 17.3 Å². The fraction of sp³-hybridized carbons (Fsp3) is 0.550. The van der Waals surface area contributed by atoms with E-state index in [1.54, 1.807) is 6.07 Å². The smallest absolute Gasteiger partial charge is 0.244 e. The lowest BCUT2D eigenvalue weighted by Gasteiger charge is -2.31. The summed E-state index contributed by atoms with van der Waals surface area (Å²) in [7, 11) is 0. The number of hydrogen-bond donors (Lipinski definition) is 2. The number of carbonyl (C=O) groups excluding carboxylic acids is 1. The Bertz CT molecular complexity index is 849. The Morgan fingerprint density at radius 1 is 1.07 bits per heavy atom. The molecule has 0 bridgehead atoms. The Morgan fingerprint density at radius 3 is 2.55 bits per heavy atom. The monoisotopic (exact) mass is 459 g/mol. The van der Waals surface area contributed by atoms with E-state index in [1.807, 2.05) is 12.1 Å². The summed E-state index contributed by atoms with van der Waals surface area (Å²) in [6.07, 6.45) is 9.01. The highest BCUT2D eigenvalue weighted by molar-refractivity contribution is 6.33. The van der Waals surface area contributed by atoms with Crippen LogP contribution in [0.25, 0.3) is 11.4 Å². The van der Waals surface area contributed by atoms with Crippen molar-refractivity contribution in [2.45, 2.75) is 69.9 Å². The number of aromatic nitrogens is 3. The summed E-state index contributed by atoms with van der Waals surface area (Å²) in [5.74, 6) is 1.67. The highest BCUT2D eigenvalue weighted by Gasteiger charge is 2.35. The van der Waals surface area contributed by atoms with Gasteiger partial charge >= 0.3 is 0 Å². The van der Waals surface area contributed by atoms with Crippen molar-refractivity contribution in [3.05, 3.63) is 29.0 Å². The Morgan fingerprint density at radius 2 is 1.79 bits per heavy atom. The summed E-state index contributed by atoms with van der Waals surface area (Å²) >= 11 is 6.47. The predicted octanol–water partition coefficient (Wildman–Crippen LogP) is 4.77. The fourth-order valence-corrected chi connectivity index (χ4v) is 4.33. The van der Waals surface area contributed by atoms with Crippen LogP contribution in [0.3, 0.4) is 0 Å². The SMILES string of the molecule is Cl.Cl.NC1(C(=O)Nc2ccc(Cl)c(-c3nnc4n3CCCCC4)c2)CCCCC1. The second-order valence-electron chi connectivity index (χ2n) is 7.77. The summed E-state index contributed by atoms with van der Waals surface area (Å²) in [5, 5.41) is 12.3. The van der Waals surface area contributed by atoms with E-state index in [2.05, 4.69) is 20.1 Å². The average Bonchev–Trinajstić information content (AvgIpc) is 2.91. The van der Waals surface area contributed by atoms with Crippen LogP contribution in [0.5, 0.6) is 0 Å². The molecule has 0 saturated heterocycles. The summed E-state index contributed by atoms with van der Waals surface area (Å²) in [6.45, 7) is 0.899. The van der Waals surface area contributed by atoms with Gasteiger partial charge in [0.15, 0.2) is 5.82 Å². The number of amides is 1. The normalized spacial score (nSPS) is 17.9. The highest BCUT2D eigenvalue weighted by Crippen LogP contribution is 2.32. The number of fused-ring (bicyclic) bond motifs is 1. The minimum atomic E-state index is -0.774. The van der Waals surface area contributed by atoms with Crippen molar-refractivity contribution in [3.63, 3.8) is 0 Å². The van der Waals surface area contributed by atoms with Crippen LogP contribution in [0.1, 0.15) is 57.2 Å². The molecule has 1 saturated carbocycles. The molecule has 29 heavy (non-hydrogen) atoms. The van der Waals surface area contributed by atoms with Crippen molar-refractivity contribution < 1.29 is 4.79 Å². The molecule has 0 atom stereocenters. The van der Waals surface area contributed by atoms with E-state index in [1.165, 1.54) is 6.42 Å². The third-order valence-electron chi connectivity index (χ3n) is 5.77. The topological polar surface area (TPSA) is 85.8 Å². The van der Waals surface area contributed by atoms with Crippen LogP contribution in [0.15, 0.2) is 18.2 Å². The van der Waals surface area contributed by atoms with Crippen molar-refractivity contribution in [2.24, 2.45) is 5.73 Å². The second kappa shape index (κ2) is 10.1. The largest absolute Gasteiger partial charge is 0.324 e. The van der Waals surface area contributed by atoms with Crippen LogP contribution in [0, 0.1) is 0 Å². The molecule has 1 aromatic heterocycles. The van der Waals surface area contributed by atoms with Gasteiger partial charge in [0, 0.05) is 24.2 Å². The van der Waals surface area contributed by atoms with Gasteiger partial charge in [-0.3, -0.25) is 4.79 Å². The molecule has 3 N–H and O–H groups in total. The first kappa shape index (κ1) is 23.9. The van der Waals surface area contributed by atoms with E-state index in [9.17, 15) is 4.79 Å². The number of halogens is 3. The second-order valence-corrected chi connectivity index (χ2v) is 8.17. The third kappa shape index (κ3) is 5.05. The molecule has 0 spiro atoms. The van der Waals surface area contributed by atoms with Gasteiger partial charge in [0.1, 0.15) is 5.82 Å². The Kier molecular flexibility index (Phi) is 8.35. The fourth-order valence-electron chi connectivity index (χ4n) is 4.12. The first-order valence-electron chi connectivity index (χ1n) is 9.89. The van der Waals surface area contributed by atoms with Gasteiger partial charge in [-0.05, 0) is 43.9 Å². The van der Waals surface area contributed by atoms with E-state index in [-0.39, 0.29) is 30.7 Å². The zero-order valence-electron chi connectivity index (χ0n) is 16.3. The van der Waals surface area contributed by atoms with Gasteiger partial charge in [0.2, 0.25) is 5.91 Å². The molecular formula is C20H28Cl3N5O. The van der Waals surface area contributed by atoms with Crippen molar-refractivity contribution in [2.75, 3.05) is 5.32 Å². The van der Waals surface area contributed by atoms with Crippen LogP contribution in [0.2, 0.25) is 5.02 Å². The molecule has 2 heterocycles. The molecule has 1 aromatic carbocycles. The molecule has 0 radical (unpaired) electrons. The molecule has 0 unspecified atom stereocenters. The molecule has 1 fully saturated rings. The van der Waals surface area contributed by atoms with E-state index < -0.39 is 5.54 Å². The van der Waals surface area contributed by atoms with Gasteiger partial charge in [0.05, 0.1) is 10.6 Å². The molecule has 1 aliphatic heterocycles. The standard InChI is InChI=1S/C20H26ClN5O.2ClH/c21-16-9-8-14(23-19(27)20(22)10-4-2-5-11-20)13-15(16)18-25-24-17-7-3-1-6-12-26(17)18;;/h8-9,13H,1-7,10-12,22H2,(H,23,27);2*1H. The molecule has 2 aliphatic rings. The highest BCUT2D eigenvalue weighted by atomic mass is 35.5. The number of aryl methyl sites for hydroxylation is 1. The Hall–Kier alpha value is -1.34. The van der Waals surface area contributed by atoms with Crippen LogP contribution in [0.4, 0.5) is 5.69 Å². The molecule has 9 heteroatoms. The number of hydrogen-bond acceptors (Lipinski definition) is 4. The van der Waals surface area contributed by atoms with Gasteiger partial charge in [-0.2, -0.15) is 0 Å². The van der Waals surface area contributed by atoms with Gasteiger partial charge in [-0.25, -0.2) is 0 Å². The van der Waals surface area contributed by atoms with Crippen LogP contribution < -0.4 is 11.1 Å². The minimum Gasteiger partial charge on any atom is -0.324 e. The molecule has 4 rings (SSSR count). The van der Waals surface area contributed by atoms with E-state index >= 15 is 0 Å². The van der Waals surface area contributed by atoms with Gasteiger partial charge < -0.3 is 15.6 Å². The number of benzene rings is 1. The Balaban J connectivity index is 0.00000150. The van der Waals surface area contributed by atoms with Crippen LogP contribution in [-0.4, -0.2) is 26.2 Å². The van der Waals surface area contributed by atoms with Crippen molar-refractivity contribution in [1.29, 1.82) is 0 Å². The number of nitrogens with zero attached hydrogens (tertiary/aromatic N) is 3. The summed E-state index contributed by atoms with van der Waals surface area (Å²) < 4.78 is 2.16. The maximum atomic E-state index is 12.7. The molecule has 160 valence electrons. The lowest BCUT2D eigenvalue weighted by atomic mass is 9.82. The zero-order valence-corrected chi connectivity index (χ0v) is 18.7. The predicted molar refractivity (Wildman–Crippen MR) is 121 cm³/mol. The quantitative estimate of drug-likeness (QED) is 0.691. The Labute approximate surface area is 188 Å². The first-order valence-corrected chi connectivity index (χ1v) is 10.3. The van der Waals surface area contributed by atoms with Crippen molar-refractivity contribution in [1.82, 2.24) is 14.8 Å². The molecular weight excluding hydrogens is 433 g/mol. The van der Waals surface area contributed by atoms with Crippen LogP contribution in [-0.2, 0) is 17.8 Å². The van der Waals surface area contributed by atoms with Crippen LogP contribution >= 0.6 is 36.4 Å². The lowest BCUT2D eigenvalue weighted by molar-refractivity contribution is -0.122. The summed E-state index contributed by atoms with van der Waals surface area (Å²) in [5.41, 5.74) is 7.07. The van der Waals surface area contributed by atoms with Crippen molar-refractivity contribution in [3.8, 4) is 11.4 Å². The minimum absolute atomic E-state index is 0. The number of nitrogens with two attached hydrogens (primary N) is 1. The van der Waals surface area contributed by atoms with Gasteiger partial charge in [-0.15, -0.1) is 35.0 Å². The van der Waals surface area contributed by atoms with Crippen molar-refractivity contribution >= 4 is 48.0 Å². The third-order valence-corrected chi connectivity index (χ3v) is 6.10. The molecule has 2 aromatic rings. The van der Waals surface area contributed by atoms with Gasteiger partial charge in [-0.1, -0.05) is 37.3 Å². The maximum absolute atomic E-state index is 12.7. The maximum Gasteiger partial charge on any atom is 0.244 e. The number of rotatable bonds is 3. The first-order chi connectivity index (χ1) is 13.1. The summed E-state index contributed by atoms with van der Waals surface area (Å²) in [6, 6.07) is 5.50. The van der Waals surface area contributed by atoms with E-state index in [0.717, 1.165) is 75.1 Å². The number of carbonyl (C=O) groups is 1. The number of nitrogens with one attached hydrogen (secondary N) is 1.